The van der Waals surface area contributed by atoms with Gasteiger partial charge in [0.15, 0.2) is 5.82 Å². The monoisotopic (exact) mass is 279 g/mol. The molecule has 1 atom stereocenters. The first-order valence-corrected chi connectivity index (χ1v) is 7.15. The minimum absolute atomic E-state index is 0.469. The van der Waals surface area contributed by atoms with E-state index in [2.05, 4.69) is 20.3 Å². The molecule has 0 radical (unpaired) electrons. The number of rotatable bonds is 4. The van der Waals surface area contributed by atoms with Crippen molar-refractivity contribution < 1.29 is 4.74 Å². The summed E-state index contributed by atoms with van der Waals surface area (Å²) in [4.78, 5) is 11.2. The van der Waals surface area contributed by atoms with Crippen molar-refractivity contribution in [2.75, 3.05) is 37.1 Å². The molecule has 0 aliphatic carbocycles. The predicted molar refractivity (Wildman–Crippen MR) is 77.4 cm³/mol. The van der Waals surface area contributed by atoms with Crippen molar-refractivity contribution in [2.24, 2.45) is 11.8 Å². The molecule has 0 saturated carbocycles. The molecule has 3 heterocycles. The number of aromatic nitrogens is 2. The third-order valence-electron chi connectivity index (χ3n) is 3.40. The van der Waals surface area contributed by atoms with Crippen LogP contribution in [0.2, 0.25) is 0 Å². The maximum Gasteiger partial charge on any atom is 0.239 e. The minimum Gasteiger partial charge on any atom is -0.384 e. The SMILES string of the molecule is COCC1CCN(c2nc(NN)nc3ccsc23)C1. The van der Waals surface area contributed by atoms with Crippen LogP contribution in [0, 0.1) is 5.92 Å². The Morgan fingerprint density at radius 3 is 3.26 bits per heavy atom. The van der Waals surface area contributed by atoms with Crippen LogP contribution < -0.4 is 16.2 Å². The van der Waals surface area contributed by atoms with Crippen LogP contribution in [0.3, 0.4) is 0 Å². The van der Waals surface area contributed by atoms with Gasteiger partial charge in [0.2, 0.25) is 5.95 Å². The van der Waals surface area contributed by atoms with Crippen LogP contribution in [0.1, 0.15) is 6.42 Å². The summed E-state index contributed by atoms with van der Waals surface area (Å²) in [5.74, 6) is 7.46. The van der Waals surface area contributed by atoms with Gasteiger partial charge in [0.05, 0.1) is 16.8 Å². The third kappa shape index (κ3) is 2.36. The molecule has 0 aromatic carbocycles. The highest BCUT2D eigenvalue weighted by Gasteiger charge is 2.25. The van der Waals surface area contributed by atoms with E-state index in [-0.39, 0.29) is 0 Å². The third-order valence-corrected chi connectivity index (χ3v) is 4.30. The van der Waals surface area contributed by atoms with Crippen molar-refractivity contribution in [3.63, 3.8) is 0 Å². The summed E-state index contributed by atoms with van der Waals surface area (Å²) in [6.45, 7) is 2.78. The largest absolute Gasteiger partial charge is 0.384 e. The Morgan fingerprint density at radius 2 is 2.47 bits per heavy atom. The Balaban J connectivity index is 1.93. The Morgan fingerprint density at radius 1 is 1.58 bits per heavy atom. The Labute approximate surface area is 115 Å². The first kappa shape index (κ1) is 12.6. The highest BCUT2D eigenvalue weighted by Crippen LogP contribution is 2.32. The fourth-order valence-electron chi connectivity index (χ4n) is 2.52. The number of hydrogen-bond acceptors (Lipinski definition) is 7. The summed E-state index contributed by atoms with van der Waals surface area (Å²) in [7, 11) is 1.75. The number of nitrogens with zero attached hydrogens (tertiary/aromatic N) is 3. The van der Waals surface area contributed by atoms with Crippen LogP contribution in [0.25, 0.3) is 10.2 Å². The quantitative estimate of drug-likeness (QED) is 0.651. The molecule has 7 heteroatoms. The molecule has 1 fully saturated rings. The van der Waals surface area contributed by atoms with E-state index in [1.165, 1.54) is 0 Å². The summed E-state index contributed by atoms with van der Waals surface area (Å²) in [5, 5.41) is 2.03. The van der Waals surface area contributed by atoms with Crippen LogP contribution in [-0.2, 0) is 4.74 Å². The summed E-state index contributed by atoms with van der Waals surface area (Å²) in [5.41, 5.74) is 3.48. The first-order valence-electron chi connectivity index (χ1n) is 6.27. The number of methoxy groups -OCH3 is 1. The van der Waals surface area contributed by atoms with Gasteiger partial charge in [-0.1, -0.05) is 0 Å². The topological polar surface area (TPSA) is 76.3 Å². The lowest BCUT2D eigenvalue weighted by atomic mass is 10.1. The molecule has 0 amide bonds. The second-order valence-electron chi connectivity index (χ2n) is 4.71. The summed E-state index contributed by atoms with van der Waals surface area (Å²) in [6.07, 6.45) is 1.14. The van der Waals surface area contributed by atoms with E-state index in [9.17, 15) is 0 Å². The number of thiophene rings is 1. The second-order valence-corrected chi connectivity index (χ2v) is 5.62. The molecule has 3 rings (SSSR count). The maximum atomic E-state index is 5.44. The molecule has 2 aromatic heterocycles. The lowest BCUT2D eigenvalue weighted by Gasteiger charge is -2.18. The van der Waals surface area contributed by atoms with Crippen molar-refractivity contribution in [2.45, 2.75) is 6.42 Å². The van der Waals surface area contributed by atoms with Crippen LogP contribution >= 0.6 is 11.3 Å². The van der Waals surface area contributed by atoms with Crippen LogP contribution in [0.4, 0.5) is 11.8 Å². The zero-order valence-electron chi connectivity index (χ0n) is 10.8. The van der Waals surface area contributed by atoms with E-state index >= 15 is 0 Å². The van der Waals surface area contributed by atoms with Crippen molar-refractivity contribution in [3.05, 3.63) is 11.4 Å². The number of hydrogen-bond donors (Lipinski definition) is 2. The maximum absolute atomic E-state index is 5.44. The molecule has 0 bridgehead atoms. The molecule has 1 aliphatic rings. The molecule has 2 aromatic rings. The summed E-state index contributed by atoms with van der Waals surface area (Å²) >= 11 is 1.67. The number of nitrogen functional groups attached to an aromatic ring is 1. The number of nitrogens with two attached hydrogens (primary N) is 1. The standard InChI is InChI=1S/C12H17N5OS/c1-18-7-8-2-4-17(6-8)11-10-9(3-5-19-10)14-12(15-11)16-13/h3,5,8H,2,4,6-7,13H2,1H3,(H,14,15,16). The number of fused-ring (bicyclic) bond motifs is 1. The van der Waals surface area contributed by atoms with Crippen molar-refractivity contribution in [1.29, 1.82) is 0 Å². The molecule has 1 saturated heterocycles. The fourth-order valence-corrected chi connectivity index (χ4v) is 3.37. The van der Waals surface area contributed by atoms with Crippen molar-refractivity contribution in [1.82, 2.24) is 9.97 Å². The molecule has 0 spiro atoms. The van der Waals surface area contributed by atoms with Gasteiger partial charge in [-0.25, -0.2) is 10.8 Å². The fraction of sp³-hybridized carbons (Fsp3) is 0.500. The minimum atomic E-state index is 0.469. The average Bonchev–Trinajstić information content (AvgIpc) is 3.06. The lowest BCUT2D eigenvalue weighted by molar-refractivity contribution is 0.161. The van der Waals surface area contributed by atoms with Crippen molar-refractivity contribution in [3.8, 4) is 0 Å². The van der Waals surface area contributed by atoms with Gasteiger partial charge in [-0.3, -0.25) is 5.43 Å². The van der Waals surface area contributed by atoms with E-state index in [0.717, 1.165) is 42.2 Å². The van der Waals surface area contributed by atoms with E-state index < -0.39 is 0 Å². The smallest absolute Gasteiger partial charge is 0.239 e. The highest BCUT2D eigenvalue weighted by molar-refractivity contribution is 7.17. The van der Waals surface area contributed by atoms with Crippen LogP contribution in [-0.4, -0.2) is 36.8 Å². The number of hydrazine groups is 1. The number of nitrogens with one attached hydrogen (secondary N) is 1. The average molecular weight is 279 g/mol. The molecule has 6 nitrogen and oxygen atoms in total. The molecular weight excluding hydrogens is 262 g/mol. The van der Waals surface area contributed by atoms with E-state index in [1.54, 1.807) is 18.4 Å². The predicted octanol–water partition coefficient (Wildman–Crippen LogP) is 1.45. The second kappa shape index (κ2) is 5.28. The number of ether oxygens (including phenoxy) is 1. The highest BCUT2D eigenvalue weighted by atomic mass is 32.1. The van der Waals surface area contributed by atoms with Gasteiger partial charge in [0, 0.05) is 26.1 Å². The normalized spacial score (nSPS) is 19.3. The molecule has 102 valence electrons. The zero-order valence-corrected chi connectivity index (χ0v) is 11.6. The van der Waals surface area contributed by atoms with Crippen LogP contribution in [0.15, 0.2) is 11.4 Å². The van der Waals surface area contributed by atoms with Gasteiger partial charge >= 0.3 is 0 Å². The lowest BCUT2D eigenvalue weighted by Crippen LogP contribution is -2.23. The molecule has 1 aliphatic heterocycles. The molecular formula is C12H17N5OS. The van der Waals surface area contributed by atoms with E-state index in [0.29, 0.717) is 11.9 Å². The summed E-state index contributed by atoms with van der Waals surface area (Å²) < 4.78 is 6.36. The molecule has 1 unspecified atom stereocenters. The first-order chi connectivity index (χ1) is 9.31. The molecule has 19 heavy (non-hydrogen) atoms. The van der Waals surface area contributed by atoms with Gasteiger partial charge in [0.25, 0.3) is 0 Å². The van der Waals surface area contributed by atoms with Gasteiger partial charge in [0.1, 0.15) is 0 Å². The van der Waals surface area contributed by atoms with Gasteiger partial charge in [-0.15, -0.1) is 11.3 Å². The summed E-state index contributed by atoms with van der Waals surface area (Å²) in [6, 6.07) is 1.99. The Hall–Kier alpha value is -1.44. The van der Waals surface area contributed by atoms with Gasteiger partial charge in [-0.2, -0.15) is 4.98 Å². The van der Waals surface area contributed by atoms with Crippen molar-refractivity contribution >= 4 is 33.3 Å². The Bertz CT molecular complexity index is 572. The van der Waals surface area contributed by atoms with E-state index in [1.807, 2.05) is 11.4 Å². The number of anilines is 2. The van der Waals surface area contributed by atoms with E-state index in [4.69, 9.17) is 10.6 Å². The van der Waals surface area contributed by atoms with Gasteiger partial charge in [-0.05, 0) is 17.9 Å². The van der Waals surface area contributed by atoms with Gasteiger partial charge < -0.3 is 9.64 Å². The molecule has 3 N–H and O–H groups in total. The Kier molecular flexibility index (Phi) is 3.50. The zero-order chi connectivity index (χ0) is 13.2. The van der Waals surface area contributed by atoms with Crippen LogP contribution in [0.5, 0.6) is 0 Å².